The highest BCUT2D eigenvalue weighted by Gasteiger charge is 2.52. The van der Waals surface area contributed by atoms with E-state index in [4.69, 9.17) is 0 Å². The Morgan fingerprint density at radius 1 is 0.434 bits per heavy atom. The minimum absolute atomic E-state index is 0.0344. The predicted octanol–water partition coefficient (Wildman–Crippen LogP) is 20.4. The van der Waals surface area contributed by atoms with E-state index in [1.54, 1.807) is 17.4 Å². The molecule has 8 aromatic carbocycles. The minimum Gasteiger partial charge on any atom is -0.289 e. The number of hydrogen-bond acceptors (Lipinski definition) is 7. The minimum atomic E-state index is -0.655. The average molecular weight is 1140 g/mol. The van der Waals surface area contributed by atoms with Crippen LogP contribution in [0, 0.1) is 57.3 Å². The van der Waals surface area contributed by atoms with Crippen molar-refractivity contribution in [3.05, 3.63) is 299 Å². The topological polar surface area (TPSA) is 64.7 Å². The quantitative estimate of drug-likeness (QED) is 0.107. The number of hydrogen-bond donors (Lipinski definition) is 0. The van der Waals surface area contributed by atoms with Crippen molar-refractivity contribution in [3.8, 4) is 53.9 Å². The zero-order chi connectivity index (χ0) is 56.5. The van der Waals surface area contributed by atoms with Gasteiger partial charge in [-0.15, -0.1) is 45.3 Å². The Balaban J connectivity index is 0.928. The zero-order valence-corrected chi connectivity index (χ0v) is 49.7. The number of Topliss-reactive ketones (excluding diaryl/α,β-unsaturated/α-hetero) is 1. The lowest BCUT2D eigenvalue weighted by Gasteiger charge is -2.36. The van der Waals surface area contributed by atoms with Gasteiger partial charge in [-0.05, 0) is 203 Å². The maximum Gasteiger partial charge on any atom is 0.194 e. The number of aryl methyl sites for hydroxylation is 6. The number of allylic oxidation sites excluding steroid dienone is 4. The first-order chi connectivity index (χ1) is 40.4. The first-order valence-electron chi connectivity index (χ1n) is 28.1. The zero-order valence-electron chi connectivity index (χ0n) is 46.4. The van der Waals surface area contributed by atoms with Crippen molar-refractivity contribution in [2.75, 3.05) is 0 Å². The highest BCUT2D eigenvalue weighted by molar-refractivity contribution is 7.26. The molecule has 0 aliphatic heterocycles. The van der Waals surface area contributed by atoms with E-state index < -0.39 is 10.8 Å². The molecule has 7 heteroatoms. The molecule has 0 radical (unpaired) electrons. The third-order valence-corrected chi connectivity index (χ3v) is 22.4. The van der Waals surface area contributed by atoms with Crippen LogP contribution in [0.15, 0.2) is 211 Å². The van der Waals surface area contributed by atoms with Crippen molar-refractivity contribution in [1.82, 2.24) is 0 Å². The van der Waals surface area contributed by atoms with Gasteiger partial charge in [-0.1, -0.05) is 150 Å². The van der Waals surface area contributed by atoms with Gasteiger partial charge in [0.2, 0.25) is 0 Å². The van der Waals surface area contributed by atoms with Gasteiger partial charge >= 0.3 is 0 Å². The summed E-state index contributed by atoms with van der Waals surface area (Å²) in [6.07, 6.45) is 3.24. The van der Waals surface area contributed by atoms with Crippen LogP contribution >= 0.6 is 45.3 Å². The van der Waals surface area contributed by atoms with E-state index in [-0.39, 0.29) is 11.4 Å². The fraction of sp³-hybridized carbons (Fsp3) is 0.118. The highest BCUT2D eigenvalue weighted by Crippen LogP contribution is 2.64. The molecule has 83 heavy (non-hydrogen) atoms. The molecule has 3 aliphatic rings. The molecule has 0 N–H and O–H groups in total. The normalized spacial score (nSPS) is 14.6. The van der Waals surface area contributed by atoms with Crippen molar-refractivity contribution in [2.45, 2.75) is 58.3 Å². The molecule has 12 aromatic rings. The molecule has 0 fully saturated rings. The Bertz CT molecular complexity index is 4760. The van der Waals surface area contributed by atoms with Crippen LogP contribution in [0.5, 0.6) is 0 Å². The summed E-state index contributed by atoms with van der Waals surface area (Å²) in [5.41, 5.74) is 21.0. The van der Waals surface area contributed by atoms with Crippen LogP contribution in [-0.4, -0.2) is 5.78 Å². The molecule has 4 heterocycles. The summed E-state index contributed by atoms with van der Waals surface area (Å²) in [4.78, 5) is 21.2. The maximum absolute atomic E-state index is 13.7. The highest BCUT2D eigenvalue weighted by atomic mass is 32.1. The molecule has 0 saturated carbocycles. The second-order valence-corrected chi connectivity index (χ2v) is 27.3. The van der Waals surface area contributed by atoms with Gasteiger partial charge in [0, 0.05) is 55.4 Å². The second-order valence-electron chi connectivity index (χ2n) is 22.7. The Kier molecular flexibility index (Phi) is 12.0. The van der Waals surface area contributed by atoms with Gasteiger partial charge in [0.05, 0.1) is 10.8 Å². The van der Waals surface area contributed by atoms with Crippen molar-refractivity contribution in [1.29, 1.82) is 10.5 Å². The number of nitriles is 2. The first kappa shape index (κ1) is 51.1. The number of carbonyl (C=O) groups is 1. The number of nitrogens with zero attached hydrogens (tertiary/aromatic N) is 2. The van der Waals surface area contributed by atoms with E-state index in [2.05, 4.69) is 204 Å². The van der Waals surface area contributed by atoms with Gasteiger partial charge in [0.25, 0.3) is 0 Å². The molecule has 0 spiro atoms. The van der Waals surface area contributed by atoms with E-state index in [1.807, 2.05) is 70.4 Å². The van der Waals surface area contributed by atoms with Crippen molar-refractivity contribution < 1.29 is 4.79 Å². The molecule has 0 saturated heterocycles. The Labute approximate surface area is 499 Å². The van der Waals surface area contributed by atoms with Gasteiger partial charge in [-0.2, -0.15) is 10.5 Å². The van der Waals surface area contributed by atoms with Gasteiger partial charge in [0.1, 0.15) is 17.7 Å². The summed E-state index contributed by atoms with van der Waals surface area (Å²) in [6, 6.07) is 77.7. The van der Waals surface area contributed by atoms with Crippen LogP contribution in [0.25, 0.3) is 67.5 Å². The lowest BCUT2D eigenvalue weighted by atomic mass is 9.65. The average Bonchev–Trinajstić information content (AvgIpc) is 1.73. The van der Waals surface area contributed by atoms with E-state index in [0.29, 0.717) is 28.7 Å². The van der Waals surface area contributed by atoms with E-state index in [0.717, 1.165) is 6.42 Å². The number of thiophene rings is 4. The van der Waals surface area contributed by atoms with Gasteiger partial charge < -0.3 is 0 Å². The lowest BCUT2D eigenvalue weighted by molar-refractivity contribution is 0.104. The molecule has 3 nitrogen and oxygen atoms in total. The van der Waals surface area contributed by atoms with Crippen molar-refractivity contribution in [3.63, 3.8) is 0 Å². The first-order valence-corrected chi connectivity index (χ1v) is 31.4. The molecule has 3 aliphatic carbocycles. The summed E-state index contributed by atoms with van der Waals surface area (Å²) >= 11 is 7.41. The van der Waals surface area contributed by atoms with E-state index in [1.165, 1.54) is 138 Å². The van der Waals surface area contributed by atoms with Crippen LogP contribution in [0.4, 0.5) is 0 Å². The summed E-state index contributed by atoms with van der Waals surface area (Å²) in [6.45, 7) is 10.9. The fourth-order valence-electron chi connectivity index (χ4n) is 13.7. The van der Waals surface area contributed by atoms with Crippen LogP contribution in [0.2, 0.25) is 0 Å². The molecule has 396 valence electrons. The summed E-state index contributed by atoms with van der Waals surface area (Å²) in [5.74, 6) is -0.135. The van der Waals surface area contributed by atoms with E-state index >= 15 is 0 Å². The lowest BCUT2D eigenvalue weighted by Crippen LogP contribution is -2.30. The van der Waals surface area contributed by atoms with Gasteiger partial charge in [-0.3, -0.25) is 4.79 Å². The Morgan fingerprint density at radius 3 is 1.30 bits per heavy atom. The summed E-state index contributed by atoms with van der Waals surface area (Å²) in [5, 5.41) is 22.3. The Morgan fingerprint density at radius 2 is 0.855 bits per heavy atom. The molecule has 0 atom stereocenters. The largest absolute Gasteiger partial charge is 0.289 e. The molecule has 4 aromatic heterocycles. The number of rotatable bonds is 9. The third kappa shape index (κ3) is 7.80. The summed E-state index contributed by atoms with van der Waals surface area (Å²) < 4.78 is 2.53. The number of fused-ring (bicyclic) bond motifs is 9. The van der Waals surface area contributed by atoms with Gasteiger partial charge in [0.15, 0.2) is 5.78 Å². The maximum atomic E-state index is 13.7. The SMILES string of the molecule is Cc1ccc(C2(c3ccc(C)cc3)c3cc4c(cc3-c3cc5cc(-c6ccc(C)s6)sc5cc32)C(c2ccc(C)cc2)(c2ccc(C)cc2)c2cc3sc(-c5ccc(CC/C=C6\C(=O)c7ccccc7C6=C(C#N)C#N)s5)cc3cc2-4)cc1. The Hall–Kier alpha value is -8.79. The van der Waals surface area contributed by atoms with Crippen molar-refractivity contribution >= 4 is 76.9 Å². The van der Waals surface area contributed by atoms with Crippen LogP contribution in [0.1, 0.15) is 98.9 Å². The standard InChI is InChI=1S/C76H52N2OS4/c1-43-13-22-51(23-14-43)75(52-24-15-44(2)16-25-52)63-38-62-60-34-49-36-72(68-32-30-55(81-68)9-8-12-58-73(50(41-77)42-78)56-10-6-7-11-57(56)74(58)79)83-70(49)40-66(60)76(53-26-17-45(3)18-27-53,54-28-19-46(4)20-29-54)64(62)37-61(63)59-33-48-35-71(67-31-21-47(5)80-67)82-69(48)39-65(59)75/h6-7,10-40H,8-9H2,1-5H3/b58-12-. The molecular formula is C76H52N2OS4. The molecular weight excluding hydrogens is 1090 g/mol. The molecule has 0 unspecified atom stereocenters. The van der Waals surface area contributed by atoms with Crippen LogP contribution in [-0.2, 0) is 17.3 Å². The predicted molar refractivity (Wildman–Crippen MR) is 347 cm³/mol. The van der Waals surface area contributed by atoms with Crippen molar-refractivity contribution in [2.24, 2.45) is 0 Å². The number of ketones is 1. The second kappa shape index (κ2) is 19.4. The number of benzene rings is 8. The smallest absolute Gasteiger partial charge is 0.194 e. The number of carbonyl (C=O) groups excluding carboxylic acids is 1. The fourth-order valence-corrected chi connectivity index (χ4v) is 17.9. The van der Waals surface area contributed by atoms with Gasteiger partial charge in [-0.25, -0.2) is 0 Å². The molecule has 0 bridgehead atoms. The molecule has 15 rings (SSSR count). The van der Waals surface area contributed by atoms with Crippen LogP contribution < -0.4 is 0 Å². The van der Waals surface area contributed by atoms with Crippen LogP contribution in [0.3, 0.4) is 0 Å². The third-order valence-electron chi connectivity index (χ3n) is 17.7. The molecule has 0 amide bonds. The monoisotopic (exact) mass is 1140 g/mol. The van der Waals surface area contributed by atoms with E-state index in [9.17, 15) is 15.3 Å². The summed E-state index contributed by atoms with van der Waals surface area (Å²) in [7, 11) is 0.